The maximum Gasteiger partial charge on any atom is 0.317 e. The number of benzene rings is 1. The van der Waals surface area contributed by atoms with Gasteiger partial charge in [0.25, 0.3) is 6.01 Å². The van der Waals surface area contributed by atoms with E-state index in [1.807, 2.05) is 29.2 Å². The molecule has 0 radical (unpaired) electrons. The van der Waals surface area contributed by atoms with Crippen molar-refractivity contribution in [1.82, 2.24) is 15.2 Å². The lowest BCUT2D eigenvalue weighted by molar-refractivity contribution is 0.0779. The van der Waals surface area contributed by atoms with Crippen LogP contribution in [0.4, 0.5) is 10.8 Å². The summed E-state index contributed by atoms with van der Waals surface area (Å²) in [5.74, 6) is 0. The number of urea groups is 1. The lowest BCUT2D eigenvalue weighted by Crippen LogP contribution is -2.54. The number of oxazole rings is 1. The number of aromatic nitrogens is 1. The average Bonchev–Trinajstić information content (AvgIpc) is 3.07. The number of rotatable bonds is 2. The Morgan fingerprint density at radius 3 is 2.62 bits per heavy atom. The van der Waals surface area contributed by atoms with Gasteiger partial charge in [-0.05, 0) is 25.0 Å². The fraction of sp³-hybridized carbons (Fsp3) is 0.529. The smallest absolute Gasteiger partial charge is 0.317 e. The largest absolute Gasteiger partial charge is 0.423 e. The molecule has 0 saturated carbocycles. The number of carbonyl (C=O) groups is 1. The Kier molecular flexibility index (Phi) is 4.25. The van der Waals surface area contributed by atoms with Gasteiger partial charge in [-0.3, -0.25) is 0 Å². The first kappa shape index (κ1) is 15.3. The second kappa shape index (κ2) is 6.68. The zero-order valence-corrected chi connectivity index (χ0v) is 13.6. The number of fused-ring (bicyclic) bond motifs is 1. The van der Waals surface area contributed by atoms with Crippen LogP contribution in [0, 0.1) is 0 Å². The Balaban J connectivity index is 1.33. The second-order valence-corrected chi connectivity index (χ2v) is 6.27. The molecule has 0 bridgehead atoms. The Hall–Kier alpha value is -2.28. The van der Waals surface area contributed by atoms with Gasteiger partial charge in [0.05, 0.1) is 0 Å². The maximum atomic E-state index is 12.4. The molecule has 24 heavy (non-hydrogen) atoms. The van der Waals surface area contributed by atoms with Crippen molar-refractivity contribution in [2.24, 2.45) is 0 Å². The molecule has 0 atom stereocenters. The molecule has 1 aromatic heterocycles. The van der Waals surface area contributed by atoms with Gasteiger partial charge in [-0.1, -0.05) is 12.1 Å². The van der Waals surface area contributed by atoms with Crippen LogP contribution in [0.25, 0.3) is 11.1 Å². The first-order chi connectivity index (χ1) is 11.8. The van der Waals surface area contributed by atoms with Crippen molar-refractivity contribution in [3.63, 3.8) is 0 Å². The van der Waals surface area contributed by atoms with E-state index < -0.39 is 0 Å². The summed E-state index contributed by atoms with van der Waals surface area (Å²) in [6, 6.07) is 8.66. The van der Waals surface area contributed by atoms with Crippen molar-refractivity contribution in [3.8, 4) is 0 Å². The molecule has 4 rings (SSSR count). The summed E-state index contributed by atoms with van der Waals surface area (Å²) in [5.41, 5.74) is 1.67. The highest BCUT2D eigenvalue weighted by molar-refractivity contribution is 5.75. The predicted molar refractivity (Wildman–Crippen MR) is 90.2 cm³/mol. The minimum Gasteiger partial charge on any atom is -0.423 e. The highest BCUT2D eigenvalue weighted by atomic mass is 16.5. The normalized spacial score (nSPS) is 19.7. The van der Waals surface area contributed by atoms with Gasteiger partial charge >= 0.3 is 6.03 Å². The summed E-state index contributed by atoms with van der Waals surface area (Å²) >= 11 is 0. The number of nitrogens with zero attached hydrogens (tertiary/aromatic N) is 3. The Morgan fingerprint density at radius 1 is 1.12 bits per heavy atom. The van der Waals surface area contributed by atoms with E-state index in [1.165, 1.54) is 0 Å². The van der Waals surface area contributed by atoms with Crippen LogP contribution in [0.5, 0.6) is 0 Å². The van der Waals surface area contributed by atoms with E-state index in [-0.39, 0.29) is 12.1 Å². The van der Waals surface area contributed by atoms with Gasteiger partial charge in [0, 0.05) is 45.4 Å². The fourth-order valence-electron chi connectivity index (χ4n) is 3.20. The SMILES string of the molecule is O=C(NC1CCOCC1)N1CCN(c2nc3ccccc3o2)CC1. The number of amides is 2. The first-order valence-corrected chi connectivity index (χ1v) is 8.53. The van der Waals surface area contributed by atoms with Crippen molar-refractivity contribution < 1.29 is 13.9 Å². The van der Waals surface area contributed by atoms with E-state index in [9.17, 15) is 4.79 Å². The summed E-state index contributed by atoms with van der Waals surface area (Å²) in [6.07, 6.45) is 1.79. The van der Waals surface area contributed by atoms with Crippen LogP contribution < -0.4 is 10.2 Å². The Morgan fingerprint density at radius 2 is 1.88 bits per heavy atom. The molecule has 2 amide bonds. The molecule has 0 spiro atoms. The topological polar surface area (TPSA) is 70.8 Å². The maximum absolute atomic E-state index is 12.4. The summed E-state index contributed by atoms with van der Waals surface area (Å²) in [7, 11) is 0. The lowest BCUT2D eigenvalue weighted by Gasteiger charge is -2.35. The molecule has 7 heteroatoms. The number of piperazine rings is 1. The third-order valence-electron chi connectivity index (χ3n) is 4.67. The molecule has 2 aromatic rings. The molecular formula is C17H22N4O3. The van der Waals surface area contributed by atoms with E-state index in [0.717, 1.165) is 50.2 Å². The molecule has 1 N–H and O–H groups in total. The minimum atomic E-state index is 0.0270. The minimum absolute atomic E-state index is 0.0270. The van der Waals surface area contributed by atoms with Crippen molar-refractivity contribution in [1.29, 1.82) is 0 Å². The molecule has 2 fully saturated rings. The fourth-order valence-corrected chi connectivity index (χ4v) is 3.20. The van der Waals surface area contributed by atoms with E-state index in [4.69, 9.17) is 9.15 Å². The number of nitrogens with one attached hydrogen (secondary N) is 1. The molecule has 0 aliphatic carbocycles. The van der Waals surface area contributed by atoms with Crippen LogP contribution in [-0.2, 0) is 4.74 Å². The number of ether oxygens (including phenoxy) is 1. The molecule has 2 aliphatic heterocycles. The number of hydrogen-bond donors (Lipinski definition) is 1. The predicted octanol–water partition coefficient (Wildman–Crippen LogP) is 1.84. The number of para-hydroxylation sites is 2. The number of anilines is 1. The third-order valence-corrected chi connectivity index (χ3v) is 4.67. The van der Waals surface area contributed by atoms with Crippen molar-refractivity contribution in [3.05, 3.63) is 24.3 Å². The monoisotopic (exact) mass is 330 g/mol. The van der Waals surface area contributed by atoms with Crippen LogP contribution in [0.3, 0.4) is 0 Å². The quantitative estimate of drug-likeness (QED) is 0.910. The molecule has 128 valence electrons. The summed E-state index contributed by atoms with van der Waals surface area (Å²) < 4.78 is 11.1. The Bertz CT molecular complexity index is 670. The van der Waals surface area contributed by atoms with Crippen LogP contribution in [0.1, 0.15) is 12.8 Å². The highest BCUT2D eigenvalue weighted by Crippen LogP contribution is 2.22. The molecule has 0 unspecified atom stereocenters. The van der Waals surface area contributed by atoms with Gasteiger partial charge in [0.2, 0.25) is 0 Å². The number of hydrogen-bond acceptors (Lipinski definition) is 5. The lowest BCUT2D eigenvalue weighted by atomic mass is 10.1. The van der Waals surface area contributed by atoms with Gasteiger partial charge in [-0.15, -0.1) is 0 Å². The van der Waals surface area contributed by atoms with Gasteiger partial charge in [0.1, 0.15) is 5.52 Å². The van der Waals surface area contributed by atoms with E-state index >= 15 is 0 Å². The summed E-state index contributed by atoms with van der Waals surface area (Å²) in [6.45, 7) is 4.27. The first-order valence-electron chi connectivity index (χ1n) is 8.53. The molecule has 7 nitrogen and oxygen atoms in total. The summed E-state index contributed by atoms with van der Waals surface area (Å²) in [4.78, 5) is 20.9. The third kappa shape index (κ3) is 3.17. The molecule has 3 heterocycles. The van der Waals surface area contributed by atoms with Crippen molar-refractivity contribution >= 4 is 23.1 Å². The van der Waals surface area contributed by atoms with Gasteiger partial charge in [0.15, 0.2) is 5.58 Å². The van der Waals surface area contributed by atoms with Crippen molar-refractivity contribution in [2.75, 3.05) is 44.3 Å². The second-order valence-electron chi connectivity index (χ2n) is 6.27. The van der Waals surface area contributed by atoms with Gasteiger partial charge in [-0.25, -0.2) is 4.79 Å². The van der Waals surface area contributed by atoms with Crippen LogP contribution >= 0.6 is 0 Å². The Labute approximate surface area is 140 Å². The zero-order valence-electron chi connectivity index (χ0n) is 13.6. The van der Waals surface area contributed by atoms with Gasteiger partial charge < -0.3 is 24.3 Å². The van der Waals surface area contributed by atoms with E-state index in [1.54, 1.807) is 0 Å². The van der Waals surface area contributed by atoms with Crippen LogP contribution in [0.15, 0.2) is 28.7 Å². The van der Waals surface area contributed by atoms with Crippen LogP contribution in [-0.4, -0.2) is 61.3 Å². The van der Waals surface area contributed by atoms with Gasteiger partial charge in [-0.2, -0.15) is 4.98 Å². The average molecular weight is 330 g/mol. The zero-order chi connectivity index (χ0) is 16.4. The van der Waals surface area contributed by atoms with Crippen LogP contribution in [0.2, 0.25) is 0 Å². The molecule has 2 aliphatic rings. The summed E-state index contributed by atoms with van der Waals surface area (Å²) in [5, 5.41) is 3.11. The molecule has 2 saturated heterocycles. The molecular weight excluding hydrogens is 308 g/mol. The standard InChI is InChI=1S/C17H22N4O3/c22-16(18-13-5-11-23-12-6-13)20-7-9-21(10-8-20)17-19-14-3-1-2-4-15(14)24-17/h1-4,13H,5-12H2,(H,18,22). The molecule has 1 aromatic carbocycles. The highest BCUT2D eigenvalue weighted by Gasteiger charge is 2.25. The van der Waals surface area contributed by atoms with Crippen molar-refractivity contribution in [2.45, 2.75) is 18.9 Å². The number of carbonyl (C=O) groups excluding carboxylic acids is 1. The van der Waals surface area contributed by atoms with E-state index in [2.05, 4.69) is 15.2 Å². The van der Waals surface area contributed by atoms with E-state index in [0.29, 0.717) is 19.1 Å².